The first-order valence-corrected chi connectivity index (χ1v) is 5.49. The normalized spacial score (nSPS) is 9.67. The minimum atomic E-state index is 0.496. The van der Waals surface area contributed by atoms with E-state index in [9.17, 15) is 0 Å². The van der Waals surface area contributed by atoms with Gasteiger partial charge in [0, 0.05) is 0 Å². The first-order chi connectivity index (χ1) is 7.24. The first kappa shape index (κ1) is 14.0. The van der Waals surface area contributed by atoms with Crippen molar-refractivity contribution in [2.75, 3.05) is 6.61 Å². The largest absolute Gasteiger partial charge is 0.488 e. The molecule has 0 aromatic carbocycles. The third kappa shape index (κ3) is 5.43. The molecule has 0 aliphatic rings. The molecular weight excluding hydrogens is 210 g/mol. The molecule has 0 aliphatic carbocycles. The van der Waals surface area contributed by atoms with Gasteiger partial charge in [0.05, 0.1) is 5.69 Å². The zero-order valence-electron chi connectivity index (χ0n) is 9.75. The number of aromatic nitrogens is 1. The predicted octanol–water partition coefficient (Wildman–Crippen LogP) is 4.02. The molecule has 0 spiro atoms. The zero-order valence-corrected chi connectivity index (χ0v) is 10.5. The van der Waals surface area contributed by atoms with Crippen molar-refractivity contribution in [2.24, 2.45) is 0 Å². The van der Waals surface area contributed by atoms with Crippen molar-refractivity contribution in [3.8, 4) is 5.75 Å². The van der Waals surface area contributed by atoms with E-state index in [4.69, 9.17) is 16.3 Å². The van der Waals surface area contributed by atoms with E-state index in [1.165, 1.54) is 0 Å². The second kappa shape index (κ2) is 8.30. The van der Waals surface area contributed by atoms with Gasteiger partial charge in [-0.1, -0.05) is 37.6 Å². The Hall–Kier alpha value is -1.02. The van der Waals surface area contributed by atoms with Gasteiger partial charge in [-0.25, -0.2) is 4.98 Å². The molecule has 3 heteroatoms. The van der Waals surface area contributed by atoms with E-state index in [0.717, 1.165) is 11.4 Å². The van der Waals surface area contributed by atoms with Gasteiger partial charge in [-0.05, 0) is 26.0 Å². The van der Waals surface area contributed by atoms with Crippen LogP contribution in [0.4, 0.5) is 0 Å². The van der Waals surface area contributed by atoms with E-state index >= 15 is 0 Å². The van der Waals surface area contributed by atoms with E-state index < -0.39 is 0 Å². The van der Waals surface area contributed by atoms with Crippen LogP contribution >= 0.6 is 11.6 Å². The van der Waals surface area contributed by atoms with Gasteiger partial charge in [0.1, 0.15) is 17.5 Å². The molecular formula is C12H18ClNO. The van der Waals surface area contributed by atoms with E-state index in [2.05, 4.69) is 4.98 Å². The van der Waals surface area contributed by atoms with Gasteiger partial charge < -0.3 is 4.74 Å². The highest BCUT2D eigenvalue weighted by Crippen LogP contribution is 2.17. The molecule has 0 radical (unpaired) electrons. The summed E-state index contributed by atoms with van der Waals surface area (Å²) in [4.78, 5) is 4.07. The van der Waals surface area contributed by atoms with Crippen molar-refractivity contribution in [1.29, 1.82) is 0 Å². The Balaban J connectivity index is 0.000000921. The molecule has 1 aromatic rings. The summed E-state index contributed by atoms with van der Waals surface area (Å²) < 4.78 is 5.42. The minimum absolute atomic E-state index is 0.496. The fourth-order valence-corrected chi connectivity index (χ4v) is 1.09. The number of allylic oxidation sites excluding steroid dienone is 1. The van der Waals surface area contributed by atoms with E-state index in [1.807, 2.05) is 45.9 Å². The maximum atomic E-state index is 5.70. The van der Waals surface area contributed by atoms with Crippen LogP contribution in [0.1, 0.15) is 26.5 Å². The molecule has 1 rings (SSSR count). The Bertz CT molecular complexity index is 310. The quantitative estimate of drug-likeness (QED) is 0.575. The van der Waals surface area contributed by atoms with E-state index in [-0.39, 0.29) is 0 Å². The lowest BCUT2D eigenvalue weighted by Gasteiger charge is -2.05. The van der Waals surface area contributed by atoms with Gasteiger partial charge >= 0.3 is 0 Å². The van der Waals surface area contributed by atoms with Crippen molar-refractivity contribution in [2.45, 2.75) is 27.7 Å². The second-order valence-corrected chi connectivity index (χ2v) is 2.98. The lowest BCUT2D eigenvalue weighted by Crippen LogP contribution is -1.96. The summed E-state index contributed by atoms with van der Waals surface area (Å²) in [6.07, 6.45) is 3.88. The highest BCUT2D eigenvalue weighted by molar-refractivity contribution is 6.29. The third-order valence-electron chi connectivity index (χ3n) is 1.57. The molecule has 0 atom stereocenters. The summed E-state index contributed by atoms with van der Waals surface area (Å²) in [5, 5.41) is 0.496. The van der Waals surface area contributed by atoms with Gasteiger partial charge in [0.15, 0.2) is 0 Å². The van der Waals surface area contributed by atoms with Crippen molar-refractivity contribution < 1.29 is 4.74 Å². The van der Waals surface area contributed by atoms with Crippen LogP contribution in [-0.4, -0.2) is 11.6 Å². The summed E-state index contributed by atoms with van der Waals surface area (Å²) in [5.74, 6) is 0.780. The van der Waals surface area contributed by atoms with Crippen LogP contribution in [0.2, 0.25) is 5.15 Å². The molecule has 0 saturated heterocycles. The molecule has 0 bridgehead atoms. The molecule has 0 fully saturated rings. The minimum Gasteiger partial charge on any atom is -0.488 e. The standard InChI is InChI=1S/C10H12ClNO.C2H6/c1-3-4-7-13-9-5-6-10(11)12-8(9)2;1-2/h3-6H,7H2,1-2H3;1-2H3/b4-3+;. The fourth-order valence-electron chi connectivity index (χ4n) is 0.904. The molecule has 0 N–H and O–H groups in total. The predicted molar refractivity (Wildman–Crippen MR) is 65.6 cm³/mol. The summed E-state index contributed by atoms with van der Waals surface area (Å²) in [6, 6.07) is 3.55. The smallest absolute Gasteiger partial charge is 0.141 e. The molecule has 15 heavy (non-hydrogen) atoms. The average molecular weight is 228 g/mol. The third-order valence-corrected chi connectivity index (χ3v) is 1.78. The second-order valence-electron chi connectivity index (χ2n) is 2.60. The van der Waals surface area contributed by atoms with Gasteiger partial charge in [-0.3, -0.25) is 0 Å². The van der Waals surface area contributed by atoms with Crippen molar-refractivity contribution in [3.05, 3.63) is 35.1 Å². The zero-order chi connectivity index (χ0) is 11.7. The van der Waals surface area contributed by atoms with Crippen LogP contribution < -0.4 is 4.74 Å². The highest BCUT2D eigenvalue weighted by Gasteiger charge is 1.99. The van der Waals surface area contributed by atoms with Crippen LogP contribution in [-0.2, 0) is 0 Å². The van der Waals surface area contributed by atoms with Crippen molar-refractivity contribution in [1.82, 2.24) is 4.98 Å². The van der Waals surface area contributed by atoms with Gasteiger partial charge in [0.25, 0.3) is 0 Å². The SMILES string of the molecule is C/C=C/COc1ccc(Cl)nc1C.CC. The average Bonchev–Trinajstić information content (AvgIpc) is 2.24. The molecule has 1 heterocycles. The number of ether oxygens (including phenoxy) is 1. The fraction of sp³-hybridized carbons (Fsp3) is 0.417. The van der Waals surface area contributed by atoms with Crippen LogP contribution in [0.25, 0.3) is 0 Å². The molecule has 1 aromatic heterocycles. The molecule has 84 valence electrons. The van der Waals surface area contributed by atoms with E-state index in [1.54, 1.807) is 6.07 Å². The van der Waals surface area contributed by atoms with E-state index in [0.29, 0.717) is 11.8 Å². The Labute approximate surface area is 96.9 Å². The summed E-state index contributed by atoms with van der Waals surface area (Å²) in [5.41, 5.74) is 0.817. The first-order valence-electron chi connectivity index (χ1n) is 5.11. The topological polar surface area (TPSA) is 22.1 Å². The number of rotatable bonds is 3. The maximum absolute atomic E-state index is 5.70. The van der Waals surface area contributed by atoms with Gasteiger partial charge in [-0.15, -0.1) is 0 Å². The number of aryl methyl sites for hydroxylation is 1. The van der Waals surface area contributed by atoms with Gasteiger partial charge in [0.2, 0.25) is 0 Å². The van der Waals surface area contributed by atoms with Crippen LogP contribution in [0, 0.1) is 6.92 Å². The number of hydrogen-bond acceptors (Lipinski definition) is 2. The Morgan fingerprint density at radius 1 is 1.40 bits per heavy atom. The molecule has 0 saturated carbocycles. The highest BCUT2D eigenvalue weighted by atomic mass is 35.5. The Morgan fingerprint density at radius 2 is 2.07 bits per heavy atom. The summed E-state index contributed by atoms with van der Waals surface area (Å²) in [7, 11) is 0. The number of pyridine rings is 1. The lowest BCUT2D eigenvalue weighted by atomic mass is 10.3. The number of hydrogen-bond donors (Lipinski definition) is 0. The monoisotopic (exact) mass is 227 g/mol. The van der Waals surface area contributed by atoms with Crippen LogP contribution in [0.15, 0.2) is 24.3 Å². The Kier molecular flexibility index (Phi) is 7.74. The summed E-state index contributed by atoms with van der Waals surface area (Å²) >= 11 is 5.70. The Morgan fingerprint density at radius 3 is 2.60 bits per heavy atom. The molecule has 2 nitrogen and oxygen atoms in total. The van der Waals surface area contributed by atoms with Crippen molar-refractivity contribution >= 4 is 11.6 Å². The lowest BCUT2D eigenvalue weighted by molar-refractivity contribution is 0.358. The molecule has 0 amide bonds. The van der Waals surface area contributed by atoms with Crippen LogP contribution in [0.3, 0.4) is 0 Å². The molecule has 0 unspecified atom stereocenters. The molecule has 0 aliphatic heterocycles. The number of nitrogens with zero attached hydrogens (tertiary/aromatic N) is 1. The summed E-state index contributed by atoms with van der Waals surface area (Å²) in [6.45, 7) is 8.40. The van der Waals surface area contributed by atoms with Crippen molar-refractivity contribution in [3.63, 3.8) is 0 Å². The maximum Gasteiger partial charge on any atom is 0.141 e. The van der Waals surface area contributed by atoms with Gasteiger partial charge in [-0.2, -0.15) is 0 Å². The number of halogens is 1. The van der Waals surface area contributed by atoms with Crippen LogP contribution in [0.5, 0.6) is 5.75 Å².